The monoisotopic (exact) mass is 357 g/mol. The molecule has 26 heavy (non-hydrogen) atoms. The number of likely N-dealkylation sites (N-methyl/N-ethyl adjacent to an activating group) is 1. The maximum absolute atomic E-state index is 13.4. The molecule has 0 aliphatic carbocycles. The van der Waals surface area contributed by atoms with E-state index in [1.54, 1.807) is 12.1 Å². The van der Waals surface area contributed by atoms with Crippen molar-refractivity contribution in [2.45, 2.75) is 52.0 Å². The van der Waals surface area contributed by atoms with E-state index in [0.717, 1.165) is 42.0 Å². The Morgan fingerprint density at radius 1 is 1.04 bits per heavy atom. The summed E-state index contributed by atoms with van der Waals surface area (Å²) in [6.45, 7) is 10.7. The van der Waals surface area contributed by atoms with Crippen molar-refractivity contribution in [2.75, 3.05) is 13.6 Å². The average molecular weight is 357 g/mol. The van der Waals surface area contributed by atoms with Crippen LogP contribution >= 0.6 is 0 Å². The lowest BCUT2D eigenvalue weighted by Crippen LogP contribution is -2.41. The van der Waals surface area contributed by atoms with Gasteiger partial charge in [-0.15, -0.1) is 0 Å². The summed E-state index contributed by atoms with van der Waals surface area (Å²) in [5, 5.41) is 4.83. The molecule has 4 rings (SSSR count). The van der Waals surface area contributed by atoms with Crippen molar-refractivity contribution in [3.05, 3.63) is 35.8 Å². The Balaban J connectivity index is 1.84. The number of fused-ring (bicyclic) bond motifs is 1. The van der Waals surface area contributed by atoms with Crippen LogP contribution in [0.3, 0.4) is 0 Å². The summed E-state index contributed by atoms with van der Waals surface area (Å²) in [6, 6.07) is 6.46. The van der Waals surface area contributed by atoms with E-state index in [2.05, 4.69) is 11.9 Å². The summed E-state index contributed by atoms with van der Waals surface area (Å²) >= 11 is 0. The zero-order chi connectivity index (χ0) is 18.7. The van der Waals surface area contributed by atoms with Gasteiger partial charge >= 0.3 is 7.12 Å². The van der Waals surface area contributed by atoms with Gasteiger partial charge in [-0.1, -0.05) is 0 Å². The fraction of sp³-hybridized carbons (Fsp3) is 0.526. The summed E-state index contributed by atoms with van der Waals surface area (Å²) in [5.74, 6) is -0.255. The minimum atomic E-state index is -0.490. The standard InChI is InChI=1S/C19H25BFN3O2/c1-18(2)19(3,4)26-20(25-18)16-15-12-23(5)10-11-24(15)22-17(16)13-6-8-14(21)9-7-13/h6-9H,10-12H2,1-5H3. The number of nitrogens with zero attached hydrogens (tertiary/aromatic N) is 3. The Hall–Kier alpha value is -1.70. The minimum absolute atomic E-state index is 0.255. The molecular formula is C19H25BFN3O2. The molecule has 1 aromatic carbocycles. The smallest absolute Gasteiger partial charge is 0.399 e. The summed E-state index contributed by atoms with van der Waals surface area (Å²) < 4.78 is 28.1. The van der Waals surface area contributed by atoms with Crippen LogP contribution in [0.5, 0.6) is 0 Å². The van der Waals surface area contributed by atoms with Gasteiger partial charge in [0.25, 0.3) is 0 Å². The predicted octanol–water partition coefficient (Wildman–Crippen LogP) is 2.43. The number of hydrogen-bond acceptors (Lipinski definition) is 4. The second-order valence-corrected chi connectivity index (χ2v) is 8.27. The van der Waals surface area contributed by atoms with Gasteiger partial charge < -0.3 is 9.31 Å². The molecule has 0 radical (unpaired) electrons. The Morgan fingerprint density at radius 3 is 2.27 bits per heavy atom. The largest absolute Gasteiger partial charge is 0.499 e. The summed E-state index contributed by atoms with van der Waals surface area (Å²) in [4.78, 5) is 2.26. The van der Waals surface area contributed by atoms with Crippen LogP contribution in [0.25, 0.3) is 11.3 Å². The van der Waals surface area contributed by atoms with Crippen molar-refractivity contribution in [3.63, 3.8) is 0 Å². The molecule has 2 aromatic rings. The topological polar surface area (TPSA) is 39.5 Å². The van der Waals surface area contributed by atoms with Crippen molar-refractivity contribution in [2.24, 2.45) is 0 Å². The zero-order valence-electron chi connectivity index (χ0n) is 16.0. The van der Waals surface area contributed by atoms with Gasteiger partial charge in [0.1, 0.15) is 5.82 Å². The van der Waals surface area contributed by atoms with Gasteiger partial charge in [0.05, 0.1) is 29.1 Å². The molecular weight excluding hydrogens is 332 g/mol. The van der Waals surface area contributed by atoms with Crippen LogP contribution in [0.15, 0.2) is 24.3 Å². The van der Waals surface area contributed by atoms with Crippen LogP contribution in [0.1, 0.15) is 33.4 Å². The highest BCUT2D eigenvalue weighted by molar-refractivity contribution is 6.64. The molecule has 1 fully saturated rings. The average Bonchev–Trinajstić information content (AvgIpc) is 3.02. The van der Waals surface area contributed by atoms with Crippen molar-refractivity contribution < 1.29 is 13.7 Å². The maximum Gasteiger partial charge on any atom is 0.499 e. The van der Waals surface area contributed by atoms with Gasteiger partial charge in [-0.3, -0.25) is 9.58 Å². The molecule has 5 nitrogen and oxygen atoms in total. The van der Waals surface area contributed by atoms with E-state index in [9.17, 15) is 4.39 Å². The van der Waals surface area contributed by atoms with Gasteiger partial charge in [0.15, 0.2) is 0 Å². The maximum atomic E-state index is 13.4. The number of aromatic nitrogens is 2. The summed E-state index contributed by atoms with van der Waals surface area (Å²) in [7, 11) is 1.61. The highest BCUT2D eigenvalue weighted by atomic mass is 19.1. The van der Waals surface area contributed by atoms with Crippen molar-refractivity contribution in [3.8, 4) is 11.3 Å². The first kappa shape index (κ1) is 17.7. The van der Waals surface area contributed by atoms with Crippen molar-refractivity contribution in [1.82, 2.24) is 14.7 Å². The SMILES string of the molecule is CN1CCn2nc(-c3ccc(F)cc3)c(B3OC(C)(C)C(C)(C)O3)c2C1. The van der Waals surface area contributed by atoms with E-state index < -0.39 is 18.3 Å². The van der Waals surface area contributed by atoms with E-state index in [0.29, 0.717) is 0 Å². The molecule has 2 aliphatic rings. The number of halogens is 1. The van der Waals surface area contributed by atoms with Crippen LogP contribution in [0, 0.1) is 5.82 Å². The Labute approximate surface area is 154 Å². The number of benzene rings is 1. The Bertz CT molecular complexity index is 816. The fourth-order valence-corrected chi connectivity index (χ4v) is 3.49. The molecule has 0 atom stereocenters. The normalized spacial score (nSPS) is 21.8. The third-order valence-electron chi connectivity index (χ3n) is 5.82. The molecule has 0 unspecified atom stereocenters. The fourth-order valence-electron chi connectivity index (χ4n) is 3.49. The van der Waals surface area contributed by atoms with Crippen LogP contribution in [-0.2, 0) is 22.4 Å². The summed E-state index contributed by atoms with van der Waals surface area (Å²) in [6.07, 6.45) is 0. The first-order valence-corrected chi connectivity index (χ1v) is 9.08. The van der Waals surface area contributed by atoms with Crippen LogP contribution in [-0.4, -0.2) is 46.6 Å². The quantitative estimate of drug-likeness (QED) is 0.774. The molecule has 1 saturated heterocycles. The van der Waals surface area contributed by atoms with Gasteiger partial charge in [-0.25, -0.2) is 4.39 Å². The first-order chi connectivity index (χ1) is 12.2. The minimum Gasteiger partial charge on any atom is -0.399 e. The molecule has 0 bridgehead atoms. The van der Waals surface area contributed by atoms with Crippen molar-refractivity contribution in [1.29, 1.82) is 0 Å². The molecule has 0 N–H and O–H groups in total. The van der Waals surface area contributed by atoms with E-state index in [1.807, 2.05) is 32.4 Å². The van der Waals surface area contributed by atoms with Gasteiger partial charge in [-0.05, 0) is 59.0 Å². The number of hydrogen-bond donors (Lipinski definition) is 0. The molecule has 7 heteroatoms. The lowest BCUT2D eigenvalue weighted by Gasteiger charge is -2.32. The lowest BCUT2D eigenvalue weighted by molar-refractivity contribution is 0.00578. The third kappa shape index (κ3) is 2.78. The molecule has 0 amide bonds. The lowest BCUT2D eigenvalue weighted by atomic mass is 9.75. The number of rotatable bonds is 2. The van der Waals surface area contributed by atoms with Crippen LogP contribution in [0.4, 0.5) is 4.39 Å². The van der Waals surface area contributed by atoms with Gasteiger partial charge in [0, 0.05) is 24.1 Å². The molecule has 138 valence electrons. The molecule has 3 heterocycles. The highest BCUT2D eigenvalue weighted by Gasteiger charge is 2.53. The Morgan fingerprint density at radius 2 is 1.65 bits per heavy atom. The molecule has 1 aromatic heterocycles. The third-order valence-corrected chi connectivity index (χ3v) is 5.82. The molecule has 0 saturated carbocycles. The van der Waals surface area contributed by atoms with Crippen LogP contribution in [0.2, 0.25) is 0 Å². The van der Waals surface area contributed by atoms with Crippen molar-refractivity contribution >= 4 is 12.6 Å². The zero-order valence-corrected chi connectivity index (χ0v) is 16.0. The second-order valence-electron chi connectivity index (χ2n) is 8.27. The van der Waals surface area contributed by atoms with E-state index in [4.69, 9.17) is 14.4 Å². The second kappa shape index (κ2) is 5.91. The van der Waals surface area contributed by atoms with Crippen LogP contribution < -0.4 is 5.46 Å². The van der Waals surface area contributed by atoms with E-state index in [1.165, 1.54) is 12.1 Å². The van der Waals surface area contributed by atoms with E-state index in [-0.39, 0.29) is 5.82 Å². The summed E-state index contributed by atoms with van der Waals surface area (Å²) in [5.41, 5.74) is 2.91. The van der Waals surface area contributed by atoms with E-state index >= 15 is 0 Å². The van der Waals surface area contributed by atoms with Gasteiger partial charge in [-0.2, -0.15) is 5.10 Å². The first-order valence-electron chi connectivity index (χ1n) is 9.08. The van der Waals surface area contributed by atoms with Gasteiger partial charge in [0.2, 0.25) is 0 Å². The molecule has 2 aliphatic heterocycles. The highest BCUT2D eigenvalue weighted by Crippen LogP contribution is 2.38. The predicted molar refractivity (Wildman–Crippen MR) is 99.7 cm³/mol. The Kier molecular flexibility index (Phi) is 4.02. The molecule has 0 spiro atoms.